The Morgan fingerprint density at radius 2 is 2.11 bits per heavy atom. The average Bonchev–Trinajstić information content (AvgIpc) is 2.26. The molecule has 1 aliphatic carbocycles. The Bertz CT molecular complexity index is 396. The van der Waals surface area contributed by atoms with Crippen molar-refractivity contribution in [1.82, 2.24) is 0 Å². The summed E-state index contributed by atoms with van der Waals surface area (Å²) in [5, 5.41) is 0. The van der Waals surface area contributed by atoms with Crippen LogP contribution in [0.2, 0.25) is 0 Å². The first kappa shape index (κ1) is 15.9. The number of carbonyl (C=O) groups excluding carboxylic acids is 1. The largest absolute Gasteiger partial charge is 0.295 e. The van der Waals surface area contributed by atoms with Gasteiger partial charge in [-0.3, -0.25) is 4.79 Å². The third kappa shape index (κ3) is 5.18. The lowest BCUT2D eigenvalue weighted by Gasteiger charge is -2.40. The van der Waals surface area contributed by atoms with Crippen LogP contribution >= 0.6 is 0 Å². The van der Waals surface area contributed by atoms with Crippen molar-refractivity contribution in [3.63, 3.8) is 0 Å². The predicted octanol–water partition coefficient (Wildman–Crippen LogP) is 5.24. The van der Waals surface area contributed by atoms with E-state index in [-0.39, 0.29) is 5.78 Å². The van der Waals surface area contributed by atoms with Gasteiger partial charge in [-0.25, -0.2) is 0 Å². The molecule has 1 saturated carbocycles. The number of ketones is 1. The van der Waals surface area contributed by atoms with Gasteiger partial charge in [0, 0.05) is 0 Å². The number of carbonyl (C=O) groups is 1. The van der Waals surface area contributed by atoms with Crippen LogP contribution in [0, 0.1) is 11.3 Å². The Labute approximate surface area is 118 Å². The van der Waals surface area contributed by atoms with Crippen molar-refractivity contribution in [3.05, 3.63) is 36.0 Å². The predicted molar refractivity (Wildman–Crippen MR) is 83.1 cm³/mol. The number of hydrogen-bond acceptors (Lipinski definition) is 1. The van der Waals surface area contributed by atoms with Gasteiger partial charge in [0.1, 0.15) is 0 Å². The molecule has 1 atom stereocenters. The summed E-state index contributed by atoms with van der Waals surface area (Å²) in [6, 6.07) is 0. The molecule has 1 heteroatoms. The van der Waals surface area contributed by atoms with E-state index < -0.39 is 0 Å². The number of rotatable bonds is 5. The normalized spacial score (nSPS) is 23.9. The van der Waals surface area contributed by atoms with Crippen LogP contribution in [0.3, 0.4) is 0 Å². The molecule has 0 amide bonds. The van der Waals surface area contributed by atoms with Gasteiger partial charge in [-0.2, -0.15) is 0 Å². The van der Waals surface area contributed by atoms with Crippen LogP contribution in [0.1, 0.15) is 59.8 Å². The zero-order chi connectivity index (χ0) is 14.5. The fourth-order valence-corrected chi connectivity index (χ4v) is 3.07. The summed E-state index contributed by atoms with van der Waals surface area (Å²) >= 11 is 0. The van der Waals surface area contributed by atoms with Crippen molar-refractivity contribution < 1.29 is 4.79 Å². The number of hydrogen-bond donors (Lipinski definition) is 0. The van der Waals surface area contributed by atoms with Crippen molar-refractivity contribution in [2.75, 3.05) is 0 Å². The Hall–Kier alpha value is -1.11. The SMILES string of the molecule is C=C1CCCC(C)(C)[C@@H]1CC/C(C)=C/C=C/C(C)=O. The van der Waals surface area contributed by atoms with Gasteiger partial charge in [-0.15, -0.1) is 0 Å². The van der Waals surface area contributed by atoms with E-state index >= 15 is 0 Å². The molecular formula is C18H28O. The second-order valence-electron chi connectivity index (χ2n) is 6.57. The lowest BCUT2D eigenvalue weighted by Crippen LogP contribution is -2.29. The molecule has 106 valence electrons. The topological polar surface area (TPSA) is 17.1 Å². The van der Waals surface area contributed by atoms with Gasteiger partial charge in [0.15, 0.2) is 5.78 Å². The van der Waals surface area contributed by atoms with Gasteiger partial charge >= 0.3 is 0 Å². The highest BCUT2D eigenvalue weighted by atomic mass is 16.1. The minimum Gasteiger partial charge on any atom is -0.295 e. The summed E-state index contributed by atoms with van der Waals surface area (Å²) in [7, 11) is 0. The minimum atomic E-state index is 0.103. The van der Waals surface area contributed by atoms with E-state index in [1.807, 2.05) is 6.08 Å². The summed E-state index contributed by atoms with van der Waals surface area (Å²) < 4.78 is 0. The van der Waals surface area contributed by atoms with Crippen LogP contribution in [0.4, 0.5) is 0 Å². The van der Waals surface area contributed by atoms with Crippen LogP contribution < -0.4 is 0 Å². The molecule has 0 radical (unpaired) electrons. The van der Waals surface area contributed by atoms with Gasteiger partial charge in [-0.1, -0.05) is 43.7 Å². The first-order chi connectivity index (χ1) is 8.83. The monoisotopic (exact) mass is 260 g/mol. The Balaban J connectivity index is 2.55. The first-order valence-electron chi connectivity index (χ1n) is 7.35. The van der Waals surface area contributed by atoms with Crippen molar-refractivity contribution in [3.8, 4) is 0 Å². The molecule has 0 spiro atoms. The van der Waals surface area contributed by atoms with Gasteiger partial charge in [0.25, 0.3) is 0 Å². The molecule has 0 aromatic carbocycles. The quantitative estimate of drug-likeness (QED) is 0.375. The molecule has 1 nitrogen and oxygen atoms in total. The molecule has 0 heterocycles. The lowest BCUT2D eigenvalue weighted by molar-refractivity contribution is -0.112. The standard InChI is InChI=1S/C18H28O/c1-14(8-6-10-16(3)19)11-12-17-15(2)9-7-13-18(17,4)5/h6,8,10,17H,2,7,9,11-13H2,1,3-5H3/b10-6+,14-8+/t17-/m1/s1. The van der Waals surface area contributed by atoms with Gasteiger partial charge in [0.2, 0.25) is 0 Å². The minimum absolute atomic E-state index is 0.103. The summed E-state index contributed by atoms with van der Waals surface area (Å²) in [6.45, 7) is 12.7. The van der Waals surface area contributed by atoms with Gasteiger partial charge < -0.3 is 0 Å². The molecule has 0 N–H and O–H groups in total. The highest BCUT2D eigenvalue weighted by Crippen LogP contribution is 2.45. The molecule has 19 heavy (non-hydrogen) atoms. The fourth-order valence-electron chi connectivity index (χ4n) is 3.07. The smallest absolute Gasteiger partial charge is 0.152 e. The molecule has 0 aliphatic heterocycles. The van der Waals surface area contributed by atoms with E-state index in [0.29, 0.717) is 11.3 Å². The summed E-state index contributed by atoms with van der Waals surface area (Å²) in [6.07, 6.45) is 11.6. The highest BCUT2D eigenvalue weighted by Gasteiger charge is 2.33. The summed E-state index contributed by atoms with van der Waals surface area (Å²) in [5.41, 5.74) is 3.17. The van der Waals surface area contributed by atoms with E-state index in [1.54, 1.807) is 13.0 Å². The fraction of sp³-hybridized carbons (Fsp3) is 0.611. The van der Waals surface area contributed by atoms with Gasteiger partial charge in [-0.05, 0) is 63.4 Å². The molecule has 1 rings (SSSR count). The molecular weight excluding hydrogens is 232 g/mol. The Kier molecular flexibility index (Phi) is 5.78. The Morgan fingerprint density at radius 1 is 1.42 bits per heavy atom. The molecule has 1 fully saturated rings. The maximum atomic E-state index is 10.8. The Morgan fingerprint density at radius 3 is 2.68 bits per heavy atom. The highest BCUT2D eigenvalue weighted by molar-refractivity contribution is 5.87. The molecule has 0 aromatic heterocycles. The van der Waals surface area contributed by atoms with Crippen LogP contribution in [-0.4, -0.2) is 5.78 Å². The molecule has 0 unspecified atom stereocenters. The zero-order valence-corrected chi connectivity index (χ0v) is 13.0. The molecule has 1 aliphatic rings. The first-order valence-corrected chi connectivity index (χ1v) is 7.35. The average molecular weight is 260 g/mol. The lowest BCUT2D eigenvalue weighted by atomic mass is 9.65. The zero-order valence-electron chi connectivity index (χ0n) is 13.0. The van der Waals surface area contributed by atoms with Crippen molar-refractivity contribution in [2.24, 2.45) is 11.3 Å². The third-order valence-corrected chi connectivity index (χ3v) is 4.29. The van der Waals surface area contributed by atoms with Crippen molar-refractivity contribution in [2.45, 2.75) is 59.8 Å². The van der Waals surface area contributed by atoms with E-state index in [4.69, 9.17) is 0 Å². The van der Waals surface area contributed by atoms with E-state index in [0.717, 1.165) is 6.42 Å². The van der Waals surface area contributed by atoms with Gasteiger partial charge in [0.05, 0.1) is 0 Å². The van der Waals surface area contributed by atoms with E-state index in [2.05, 4.69) is 33.4 Å². The van der Waals surface area contributed by atoms with Crippen LogP contribution in [0.5, 0.6) is 0 Å². The third-order valence-electron chi connectivity index (χ3n) is 4.29. The number of allylic oxidation sites excluding steroid dienone is 5. The molecule has 0 aromatic rings. The maximum absolute atomic E-state index is 10.8. The second-order valence-corrected chi connectivity index (χ2v) is 6.57. The van der Waals surface area contributed by atoms with Crippen LogP contribution in [0.25, 0.3) is 0 Å². The van der Waals surface area contributed by atoms with Crippen molar-refractivity contribution >= 4 is 5.78 Å². The summed E-state index contributed by atoms with van der Waals surface area (Å²) in [4.78, 5) is 10.8. The van der Waals surface area contributed by atoms with Crippen LogP contribution in [-0.2, 0) is 4.79 Å². The maximum Gasteiger partial charge on any atom is 0.152 e. The van der Waals surface area contributed by atoms with Crippen LogP contribution in [0.15, 0.2) is 36.0 Å². The molecule has 0 saturated heterocycles. The second kappa shape index (κ2) is 6.88. The van der Waals surface area contributed by atoms with E-state index in [9.17, 15) is 4.79 Å². The molecule has 0 bridgehead atoms. The van der Waals surface area contributed by atoms with E-state index in [1.165, 1.54) is 36.8 Å². The summed E-state index contributed by atoms with van der Waals surface area (Å²) in [5.74, 6) is 0.743. The van der Waals surface area contributed by atoms with Crippen molar-refractivity contribution in [1.29, 1.82) is 0 Å².